The van der Waals surface area contributed by atoms with Gasteiger partial charge in [-0.2, -0.15) is 0 Å². The first-order chi connectivity index (χ1) is 5.90. The average Bonchev–Trinajstić information content (AvgIpc) is 2.51. The van der Waals surface area contributed by atoms with Gasteiger partial charge in [-0.05, 0) is 24.7 Å². The molecule has 62 valence electrons. The van der Waals surface area contributed by atoms with Crippen molar-refractivity contribution in [2.45, 2.75) is 6.42 Å². The van der Waals surface area contributed by atoms with Crippen molar-refractivity contribution in [2.24, 2.45) is 5.73 Å². The Bertz CT molecular complexity index is 378. The molecule has 0 aliphatic heterocycles. The van der Waals surface area contributed by atoms with Gasteiger partial charge >= 0.3 is 0 Å². The fraction of sp³-hybridized carbons (Fsp3) is 0.222. The number of rotatable bonds is 2. The Morgan fingerprint density at radius 1 is 1.33 bits per heavy atom. The zero-order valence-corrected chi connectivity index (χ0v) is 6.75. The molecule has 0 radical (unpaired) electrons. The monoisotopic (exact) mass is 161 g/mol. The molecule has 2 heterocycles. The van der Waals surface area contributed by atoms with E-state index in [-0.39, 0.29) is 0 Å². The van der Waals surface area contributed by atoms with Crippen LogP contribution in [0.15, 0.2) is 24.4 Å². The molecule has 0 saturated carbocycles. The standard InChI is InChI=1S/C9H11N3/c10-5-3-7-1-2-8-9(12-7)4-6-11-8/h1-2,4,6,11H,3,5,10H2. The highest BCUT2D eigenvalue weighted by Gasteiger charge is 1.96. The molecule has 0 spiro atoms. The van der Waals surface area contributed by atoms with Crippen LogP contribution in [0.25, 0.3) is 11.0 Å². The minimum absolute atomic E-state index is 0.656. The van der Waals surface area contributed by atoms with E-state index in [4.69, 9.17) is 5.73 Å². The summed E-state index contributed by atoms with van der Waals surface area (Å²) in [5, 5.41) is 0. The van der Waals surface area contributed by atoms with Crippen molar-refractivity contribution in [1.82, 2.24) is 9.97 Å². The largest absolute Gasteiger partial charge is 0.360 e. The molecular formula is C9H11N3. The van der Waals surface area contributed by atoms with Crippen LogP contribution in [-0.2, 0) is 6.42 Å². The molecule has 2 aromatic heterocycles. The zero-order valence-electron chi connectivity index (χ0n) is 6.75. The molecular weight excluding hydrogens is 150 g/mol. The van der Waals surface area contributed by atoms with Gasteiger partial charge < -0.3 is 10.7 Å². The zero-order chi connectivity index (χ0) is 8.39. The number of nitrogens with zero attached hydrogens (tertiary/aromatic N) is 1. The van der Waals surface area contributed by atoms with E-state index in [1.165, 1.54) is 0 Å². The second kappa shape index (κ2) is 2.95. The molecule has 12 heavy (non-hydrogen) atoms. The second-order valence-corrected chi connectivity index (χ2v) is 2.75. The van der Waals surface area contributed by atoms with Gasteiger partial charge in [-0.15, -0.1) is 0 Å². The smallest absolute Gasteiger partial charge is 0.0882 e. The number of fused-ring (bicyclic) bond motifs is 1. The first-order valence-electron chi connectivity index (χ1n) is 4.03. The Morgan fingerprint density at radius 3 is 3.08 bits per heavy atom. The quantitative estimate of drug-likeness (QED) is 0.692. The van der Waals surface area contributed by atoms with Gasteiger partial charge in [-0.1, -0.05) is 0 Å². The number of aromatic amines is 1. The summed E-state index contributed by atoms with van der Waals surface area (Å²) in [4.78, 5) is 7.51. The molecule has 0 fully saturated rings. The Kier molecular flexibility index (Phi) is 1.80. The summed E-state index contributed by atoms with van der Waals surface area (Å²) >= 11 is 0. The van der Waals surface area contributed by atoms with Crippen molar-refractivity contribution in [2.75, 3.05) is 6.54 Å². The molecule has 3 N–H and O–H groups in total. The van der Waals surface area contributed by atoms with Crippen LogP contribution in [0.5, 0.6) is 0 Å². The summed E-state index contributed by atoms with van der Waals surface area (Å²) in [6.45, 7) is 0.656. The maximum Gasteiger partial charge on any atom is 0.0882 e. The van der Waals surface area contributed by atoms with Gasteiger partial charge in [0.2, 0.25) is 0 Å². The van der Waals surface area contributed by atoms with Crippen molar-refractivity contribution in [1.29, 1.82) is 0 Å². The Morgan fingerprint density at radius 2 is 2.25 bits per heavy atom. The summed E-state index contributed by atoms with van der Waals surface area (Å²) in [5.41, 5.74) is 8.59. The van der Waals surface area contributed by atoms with Crippen molar-refractivity contribution in [3.8, 4) is 0 Å². The fourth-order valence-electron chi connectivity index (χ4n) is 1.26. The van der Waals surface area contributed by atoms with Gasteiger partial charge in [-0.3, -0.25) is 4.98 Å². The predicted molar refractivity (Wildman–Crippen MR) is 48.9 cm³/mol. The van der Waals surface area contributed by atoms with Crippen LogP contribution in [0.2, 0.25) is 0 Å². The molecule has 3 nitrogen and oxygen atoms in total. The molecule has 0 atom stereocenters. The van der Waals surface area contributed by atoms with Crippen LogP contribution in [-0.4, -0.2) is 16.5 Å². The van der Waals surface area contributed by atoms with Gasteiger partial charge in [0.15, 0.2) is 0 Å². The summed E-state index contributed by atoms with van der Waals surface area (Å²) < 4.78 is 0. The van der Waals surface area contributed by atoms with E-state index in [9.17, 15) is 0 Å². The highest BCUT2D eigenvalue weighted by molar-refractivity contribution is 5.74. The van der Waals surface area contributed by atoms with Crippen LogP contribution in [0.3, 0.4) is 0 Å². The summed E-state index contributed by atoms with van der Waals surface area (Å²) in [6, 6.07) is 6.01. The van der Waals surface area contributed by atoms with E-state index in [2.05, 4.69) is 9.97 Å². The molecule has 0 aliphatic rings. The molecule has 0 amide bonds. The second-order valence-electron chi connectivity index (χ2n) is 2.75. The Labute approximate surface area is 70.6 Å². The van der Waals surface area contributed by atoms with Crippen LogP contribution in [0, 0.1) is 0 Å². The van der Waals surface area contributed by atoms with Crippen LogP contribution in [0.4, 0.5) is 0 Å². The van der Waals surface area contributed by atoms with E-state index >= 15 is 0 Å². The Balaban J connectivity index is 2.46. The van der Waals surface area contributed by atoms with Gasteiger partial charge in [0, 0.05) is 18.3 Å². The topological polar surface area (TPSA) is 54.7 Å². The average molecular weight is 161 g/mol. The highest BCUT2D eigenvalue weighted by Crippen LogP contribution is 2.09. The van der Waals surface area contributed by atoms with E-state index in [0.29, 0.717) is 6.54 Å². The number of hydrogen-bond donors (Lipinski definition) is 2. The van der Waals surface area contributed by atoms with Crippen LogP contribution in [0.1, 0.15) is 5.69 Å². The van der Waals surface area contributed by atoms with Gasteiger partial charge in [0.25, 0.3) is 0 Å². The highest BCUT2D eigenvalue weighted by atomic mass is 14.8. The minimum Gasteiger partial charge on any atom is -0.360 e. The Hall–Kier alpha value is -1.35. The number of aromatic nitrogens is 2. The summed E-state index contributed by atoms with van der Waals surface area (Å²) in [5.74, 6) is 0. The molecule has 2 aromatic rings. The maximum atomic E-state index is 5.43. The van der Waals surface area contributed by atoms with E-state index in [1.807, 2.05) is 24.4 Å². The third-order valence-electron chi connectivity index (χ3n) is 1.86. The van der Waals surface area contributed by atoms with E-state index < -0.39 is 0 Å². The number of hydrogen-bond acceptors (Lipinski definition) is 2. The van der Waals surface area contributed by atoms with E-state index in [1.54, 1.807) is 0 Å². The minimum atomic E-state index is 0.656. The molecule has 0 bridgehead atoms. The van der Waals surface area contributed by atoms with Gasteiger partial charge in [-0.25, -0.2) is 0 Å². The first-order valence-corrected chi connectivity index (χ1v) is 4.03. The summed E-state index contributed by atoms with van der Waals surface area (Å²) in [7, 11) is 0. The van der Waals surface area contributed by atoms with Gasteiger partial charge in [0.1, 0.15) is 0 Å². The number of nitrogens with one attached hydrogen (secondary N) is 1. The van der Waals surface area contributed by atoms with Crippen molar-refractivity contribution >= 4 is 11.0 Å². The van der Waals surface area contributed by atoms with Crippen molar-refractivity contribution < 1.29 is 0 Å². The molecule has 3 heteroatoms. The van der Waals surface area contributed by atoms with Crippen LogP contribution < -0.4 is 5.73 Å². The number of H-pyrrole nitrogens is 1. The lowest BCUT2D eigenvalue weighted by atomic mass is 10.2. The fourth-order valence-corrected chi connectivity index (χ4v) is 1.26. The lowest BCUT2D eigenvalue weighted by Gasteiger charge is -1.96. The molecule has 0 unspecified atom stereocenters. The normalized spacial score (nSPS) is 10.8. The first kappa shape index (κ1) is 7.31. The van der Waals surface area contributed by atoms with E-state index in [0.717, 1.165) is 23.1 Å². The molecule has 0 aliphatic carbocycles. The van der Waals surface area contributed by atoms with Crippen molar-refractivity contribution in [3.05, 3.63) is 30.1 Å². The predicted octanol–water partition coefficient (Wildman–Crippen LogP) is 1.06. The summed E-state index contributed by atoms with van der Waals surface area (Å²) in [6.07, 6.45) is 2.74. The van der Waals surface area contributed by atoms with Gasteiger partial charge in [0.05, 0.1) is 11.0 Å². The molecule has 0 aromatic carbocycles. The van der Waals surface area contributed by atoms with Crippen LogP contribution >= 0.6 is 0 Å². The third-order valence-corrected chi connectivity index (χ3v) is 1.86. The van der Waals surface area contributed by atoms with Crippen molar-refractivity contribution in [3.63, 3.8) is 0 Å². The number of nitrogens with two attached hydrogens (primary N) is 1. The number of pyridine rings is 1. The molecule has 2 rings (SSSR count). The maximum absolute atomic E-state index is 5.43. The lowest BCUT2D eigenvalue weighted by molar-refractivity contribution is 0.932. The lowest BCUT2D eigenvalue weighted by Crippen LogP contribution is -2.03. The third kappa shape index (κ3) is 1.19. The SMILES string of the molecule is NCCc1ccc2[nH]ccc2n1. The molecule has 0 saturated heterocycles.